The maximum absolute atomic E-state index is 11.3. The van der Waals surface area contributed by atoms with Crippen molar-refractivity contribution < 1.29 is 14.6 Å². The van der Waals surface area contributed by atoms with Gasteiger partial charge in [0.15, 0.2) is 0 Å². The molecule has 0 saturated carbocycles. The van der Waals surface area contributed by atoms with Crippen molar-refractivity contribution in [3.8, 4) is 0 Å². The SMILES string of the molecule is CCOC(=O)c1ccc(C=CCCO)cc1. The number of esters is 1. The van der Waals surface area contributed by atoms with Crippen LogP contribution in [0.25, 0.3) is 6.08 Å². The van der Waals surface area contributed by atoms with Crippen LogP contribution in [-0.2, 0) is 4.74 Å². The summed E-state index contributed by atoms with van der Waals surface area (Å²) in [5, 5.41) is 8.61. The summed E-state index contributed by atoms with van der Waals surface area (Å²) in [5.41, 5.74) is 1.56. The van der Waals surface area contributed by atoms with Gasteiger partial charge in [0, 0.05) is 6.61 Å². The summed E-state index contributed by atoms with van der Waals surface area (Å²) < 4.78 is 4.88. The maximum Gasteiger partial charge on any atom is 0.338 e. The van der Waals surface area contributed by atoms with E-state index < -0.39 is 0 Å². The molecule has 0 fully saturated rings. The zero-order chi connectivity index (χ0) is 11.8. The van der Waals surface area contributed by atoms with Gasteiger partial charge in [-0.15, -0.1) is 0 Å². The molecule has 0 bridgehead atoms. The quantitative estimate of drug-likeness (QED) is 0.774. The minimum absolute atomic E-state index is 0.150. The number of aliphatic hydroxyl groups is 1. The molecule has 1 N–H and O–H groups in total. The molecule has 16 heavy (non-hydrogen) atoms. The lowest BCUT2D eigenvalue weighted by atomic mass is 10.1. The summed E-state index contributed by atoms with van der Waals surface area (Å²) in [6, 6.07) is 7.16. The summed E-state index contributed by atoms with van der Waals surface area (Å²) in [5.74, 6) is -0.298. The van der Waals surface area contributed by atoms with E-state index >= 15 is 0 Å². The third-order valence-electron chi connectivity index (χ3n) is 2.03. The van der Waals surface area contributed by atoms with Gasteiger partial charge < -0.3 is 9.84 Å². The molecule has 0 amide bonds. The maximum atomic E-state index is 11.3. The predicted molar refractivity (Wildman–Crippen MR) is 63.1 cm³/mol. The lowest BCUT2D eigenvalue weighted by molar-refractivity contribution is 0.0526. The number of aliphatic hydroxyl groups excluding tert-OH is 1. The highest BCUT2D eigenvalue weighted by atomic mass is 16.5. The molecular formula is C13H16O3. The van der Waals surface area contributed by atoms with Gasteiger partial charge in [0.25, 0.3) is 0 Å². The van der Waals surface area contributed by atoms with Crippen molar-refractivity contribution in [2.24, 2.45) is 0 Å². The van der Waals surface area contributed by atoms with E-state index in [0.29, 0.717) is 18.6 Å². The Morgan fingerprint density at radius 2 is 2.06 bits per heavy atom. The summed E-state index contributed by atoms with van der Waals surface area (Å²) in [4.78, 5) is 11.3. The van der Waals surface area contributed by atoms with E-state index in [1.54, 1.807) is 19.1 Å². The van der Waals surface area contributed by atoms with Crippen molar-refractivity contribution in [1.29, 1.82) is 0 Å². The Bertz CT molecular complexity index is 352. The molecule has 3 heteroatoms. The second kappa shape index (κ2) is 6.80. The molecule has 0 heterocycles. The van der Waals surface area contributed by atoms with Gasteiger partial charge in [0.05, 0.1) is 12.2 Å². The first-order valence-electron chi connectivity index (χ1n) is 5.32. The van der Waals surface area contributed by atoms with E-state index in [4.69, 9.17) is 9.84 Å². The van der Waals surface area contributed by atoms with Crippen LogP contribution in [0, 0.1) is 0 Å². The molecular weight excluding hydrogens is 204 g/mol. The summed E-state index contributed by atoms with van der Waals surface area (Å²) in [6.45, 7) is 2.32. The lowest BCUT2D eigenvalue weighted by Gasteiger charge is -2.01. The fourth-order valence-electron chi connectivity index (χ4n) is 1.24. The summed E-state index contributed by atoms with van der Waals surface area (Å²) in [7, 11) is 0. The molecule has 0 unspecified atom stereocenters. The minimum atomic E-state index is -0.298. The molecule has 0 aliphatic heterocycles. The van der Waals surface area contributed by atoms with Gasteiger partial charge in [-0.2, -0.15) is 0 Å². The fraction of sp³-hybridized carbons (Fsp3) is 0.308. The minimum Gasteiger partial charge on any atom is -0.462 e. The zero-order valence-corrected chi connectivity index (χ0v) is 9.35. The Labute approximate surface area is 95.4 Å². The van der Waals surface area contributed by atoms with Crippen molar-refractivity contribution in [1.82, 2.24) is 0 Å². The van der Waals surface area contributed by atoms with Crippen molar-refractivity contribution in [2.45, 2.75) is 13.3 Å². The number of rotatable bonds is 5. The standard InChI is InChI=1S/C13H16O3/c1-2-16-13(15)12-8-6-11(7-9-12)5-3-4-10-14/h3,5-9,14H,2,4,10H2,1H3. The van der Waals surface area contributed by atoms with Crippen LogP contribution in [-0.4, -0.2) is 24.3 Å². The second-order valence-corrected chi connectivity index (χ2v) is 3.26. The highest BCUT2D eigenvalue weighted by Gasteiger charge is 2.04. The van der Waals surface area contributed by atoms with Gasteiger partial charge in [0.2, 0.25) is 0 Å². The Hall–Kier alpha value is -1.61. The molecule has 0 aliphatic carbocycles. The number of hydrogen-bond donors (Lipinski definition) is 1. The van der Waals surface area contributed by atoms with Crippen molar-refractivity contribution >= 4 is 12.0 Å². The fourth-order valence-corrected chi connectivity index (χ4v) is 1.24. The number of hydrogen-bond acceptors (Lipinski definition) is 3. The lowest BCUT2D eigenvalue weighted by Crippen LogP contribution is -2.03. The molecule has 3 nitrogen and oxygen atoms in total. The van der Waals surface area contributed by atoms with Gasteiger partial charge in [-0.1, -0.05) is 24.3 Å². The molecule has 1 aromatic carbocycles. The molecule has 0 radical (unpaired) electrons. The average molecular weight is 220 g/mol. The van der Waals surface area contributed by atoms with Crippen LogP contribution in [0.3, 0.4) is 0 Å². The first kappa shape index (κ1) is 12.5. The van der Waals surface area contributed by atoms with Crippen LogP contribution in [0.5, 0.6) is 0 Å². The molecule has 86 valence electrons. The van der Waals surface area contributed by atoms with E-state index in [0.717, 1.165) is 5.56 Å². The normalized spacial score (nSPS) is 10.6. The van der Waals surface area contributed by atoms with Gasteiger partial charge in [-0.25, -0.2) is 4.79 Å². The Morgan fingerprint density at radius 3 is 2.62 bits per heavy atom. The van der Waals surface area contributed by atoms with Crippen LogP contribution < -0.4 is 0 Å². The Morgan fingerprint density at radius 1 is 1.38 bits per heavy atom. The van der Waals surface area contributed by atoms with Crippen molar-refractivity contribution in [3.63, 3.8) is 0 Å². The van der Waals surface area contributed by atoms with E-state index in [1.165, 1.54) is 0 Å². The van der Waals surface area contributed by atoms with E-state index in [-0.39, 0.29) is 12.6 Å². The van der Waals surface area contributed by atoms with Crippen LogP contribution in [0.4, 0.5) is 0 Å². The molecule has 1 rings (SSSR count). The van der Waals surface area contributed by atoms with Crippen LogP contribution in [0.15, 0.2) is 30.3 Å². The molecule has 0 aliphatic rings. The van der Waals surface area contributed by atoms with E-state index in [9.17, 15) is 4.79 Å². The first-order valence-corrected chi connectivity index (χ1v) is 5.32. The first-order chi connectivity index (χ1) is 7.77. The van der Waals surface area contributed by atoms with Crippen LogP contribution in [0.2, 0.25) is 0 Å². The number of ether oxygens (including phenoxy) is 1. The predicted octanol–water partition coefficient (Wildman–Crippen LogP) is 2.26. The molecule has 0 aromatic heterocycles. The third-order valence-corrected chi connectivity index (χ3v) is 2.03. The van der Waals surface area contributed by atoms with Gasteiger partial charge in [0.1, 0.15) is 0 Å². The third kappa shape index (κ3) is 3.87. The van der Waals surface area contributed by atoms with Crippen LogP contribution >= 0.6 is 0 Å². The largest absolute Gasteiger partial charge is 0.462 e. The van der Waals surface area contributed by atoms with Crippen LogP contribution in [0.1, 0.15) is 29.3 Å². The Kier molecular flexibility index (Phi) is 5.29. The van der Waals surface area contributed by atoms with Gasteiger partial charge >= 0.3 is 5.97 Å². The van der Waals surface area contributed by atoms with Gasteiger partial charge in [-0.05, 0) is 31.0 Å². The summed E-state index contributed by atoms with van der Waals surface area (Å²) >= 11 is 0. The molecule has 0 saturated heterocycles. The highest BCUT2D eigenvalue weighted by molar-refractivity contribution is 5.89. The highest BCUT2D eigenvalue weighted by Crippen LogP contribution is 2.07. The van der Waals surface area contributed by atoms with E-state index in [1.807, 2.05) is 24.3 Å². The average Bonchev–Trinajstić information content (AvgIpc) is 2.30. The smallest absolute Gasteiger partial charge is 0.338 e. The topological polar surface area (TPSA) is 46.5 Å². The summed E-state index contributed by atoms with van der Waals surface area (Å²) in [6.07, 6.45) is 4.43. The number of carbonyl (C=O) groups excluding carboxylic acids is 1. The number of benzene rings is 1. The van der Waals surface area contributed by atoms with Crippen molar-refractivity contribution in [3.05, 3.63) is 41.5 Å². The second-order valence-electron chi connectivity index (χ2n) is 3.26. The molecule has 0 spiro atoms. The number of carbonyl (C=O) groups is 1. The molecule has 0 atom stereocenters. The van der Waals surface area contributed by atoms with Gasteiger partial charge in [-0.3, -0.25) is 0 Å². The van der Waals surface area contributed by atoms with Crippen molar-refractivity contribution in [2.75, 3.05) is 13.2 Å². The Balaban J connectivity index is 2.64. The molecule has 1 aromatic rings. The monoisotopic (exact) mass is 220 g/mol. The zero-order valence-electron chi connectivity index (χ0n) is 9.35. The van der Waals surface area contributed by atoms with E-state index in [2.05, 4.69) is 0 Å².